The molecular weight excluding hydrogens is 405 g/mol. The van der Waals surface area contributed by atoms with Crippen molar-refractivity contribution >= 4 is 11.7 Å². The van der Waals surface area contributed by atoms with Crippen molar-refractivity contribution in [3.63, 3.8) is 0 Å². The van der Waals surface area contributed by atoms with Gasteiger partial charge in [0.1, 0.15) is 5.82 Å². The summed E-state index contributed by atoms with van der Waals surface area (Å²) in [5, 5.41) is 10.2. The highest BCUT2D eigenvalue weighted by atomic mass is 19.4. The topological polar surface area (TPSA) is 59.0 Å². The first-order valence-corrected chi connectivity index (χ1v) is 11.1. The van der Waals surface area contributed by atoms with Crippen molar-refractivity contribution in [3.8, 4) is 0 Å². The normalized spacial score (nSPS) is 30.5. The molecule has 166 valence electrons. The van der Waals surface area contributed by atoms with Crippen LogP contribution in [0.25, 0.3) is 0 Å². The number of amides is 1. The third-order valence-corrected chi connectivity index (χ3v) is 7.42. The smallest absolute Gasteiger partial charge is 0.363 e. The fraction of sp³-hybridized carbons (Fsp3) is 0.565. The van der Waals surface area contributed by atoms with Gasteiger partial charge in [-0.25, -0.2) is 4.68 Å². The molecular formula is C23H27F3N4O. The van der Waals surface area contributed by atoms with E-state index >= 15 is 0 Å². The Labute approximate surface area is 179 Å². The summed E-state index contributed by atoms with van der Waals surface area (Å²) in [4.78, 5) is 12.8. The van der Waals surface area contributed by atoms with Crippen molar-refractivity contribution in [3.05, 3.63) is 47.7 Å². The Balaban J connectivity index is 1.36. The van der Waals surface area contributed by atoms with Crippen LogP contribution in [0.2, 0.25) is 0 Å². The van der Waals surface area contributed by atoms with Crippen LogP contribution in [0, 0.1) is 17.8 Å². The summed E-state index contributed by atoms with van der Waals surface area (Å²) in [6.45, 7) is 2.00. The van der Waals surface area contributed by atoms with E-state index in [2.05, 4.69) is 15.7 Å². The monoisotopic (exact) mass is 432 g/mol. The first-order valence-electron chi connectivity index (χ1n) is 11.1. The maximum absolute atomic E-state index is 13.8. The number of fused-ring (bicyclic) bond motifs is 3. The molecule has 2 saturated carbocycles. The van der Waals surface area contributed by atoms with E-state index in [9.17, 15) is 18.0 Å². The summed E-state index contributed by atoms with van der Waals surface area (Å²) >= 11 is 0. The lowest BCUT2D eigenvalue weighted by atomic mass is 9.84. The molecule has 1 aliphatic heterocycles. The highest BCUT2D eigenvalue weighted by Crippen LogP contribution is 2.49. The molecule has 0 unspecified atom stereocenters. The Morgan fingerprint density at radius 1 is 1.19 bits per heavy atom. The van der Waals surface area contributed by atoms with E-state index in [-0.39, 0.29) is 24.0 Å². The summed E-state index contributed by atoms with van der Waals surface area (Å²) in [5.74, 6) is 1.68. The van der Waals surface area contributed by atoms with Crippen LogP contribution in [0.3, 0.4) is 0 Å². The lowest BCUT2D eigenvalue weighted by Gasteiger charge is -2.33. The summed E-state index contributed by atoms with van der Waals surface area (Å²) in [6, 6.07) is 8.21. The number of nitrogens with zero attached hydrogens (tertiary/aromatic N) is 2. The van der Waals surface area contributed by atoms with Crippen LogP contribution < -0.4 is 10.6 Å². The lowest BCUT2D eigenvalue weighted by molar-refractivity contribution is -0.173. The van der Waals surface area contributed by atoms with Crippen molar-refractivity contribution in [1.29, 1.82) is 0 Å². The van der Waals surface area contributed by atoms with Gasteiger partial charge in [0.15, 0.2) is 11.7 Å². The lowest BCUT2D eigenvalue weighted by Crippen LogP contribution is -2.40. The van der Waals surface area contributed by atoms with Gasteiger partial charge in [-0.15, -0.1) is 0 Å². The minimum atomic E-state index is -4.46. The average molecular weight is 432 g/mol. The Morgan fingerprint density at radius 2 is 1.97 bits per heavy atom. The highest BCUT2D eigenvalue weighted by molar-refractivity contribution is 5.93. The number of aromatic nitrogens is 2. The molecule has 1 aromatic heterocycles. The van der Waals surface area contributed by atoms with Gasteiger partial charge in [0, 0.05) is 18.5 Å². The predicted octanol–water partition coefficient (Wildman–Crippen LogP) is 5.10. The minimum absolute atomic E-state index is 0.00929. The molecule has 5 nitrogen and oxygen atoms in total. The number of rotatable bonds is 4. The number of carbonyl (C=O) groups is 1. The van der Waals surface area contributed by atoms with E-state index < -0.39 is 24.2 Å². The number of halogens is 3. The molecule has 0 spiro atoms. The van der Waals surface area contributed by atoms with Crippen LogP contribution >= 0.6 is 0 Å². The molecule has 3 aliphatic rings. The summed E-state index contributed by atoms with van der Waals surface area (Å²) in [5.41, 5.74) is 0.806. The highest BCUT2D eigenvalue weighted by Gasteiger charge is 2.47. The van der Waals surface area contributed by atoms with E-state index in [1.165, 1.54) is 25.3 Å². The second-order valence-electron chi connectivity index (χ2n) is 9.36. The maximum Gasteiger partial charge on any atom is 0.410 e. The van der Waals surface area contributed by atoms with Crippen molar-refractivity contribution in [1.82, 2.24) is 15.1 Å². The van der Waals surface area contributed by atoms with Crippen molar-refractivity contribution in [2.45, 2.75) is 63.3 Å². The zero-order valence-electron chi connectivity index (χ0n) is 17.4. The fourth-order valence-corrected chi connectivity index (χ4v) is 5.88. The first-order chi connectivity index (χ1) is 14.8. The van der Waals surface area contributed by atoms with E-state index in [0.717, 1.165) is 22.6 Å². The van der Waals surface area contributed by atoms with Gasteiger partial charge in [0.2, 0.25) is 0 Å². The number of hydrogen-bond donors (Lipinski definition) is 2. The van der Waals surface area contributed by atoms with Crippen molar-refractivity contribution in [2.24, 2.45) is 17.8 Å². The van der Waals surface area contributed by atoms with Crippen molar-refractivity contribution < 1.29 is 18.0 Å². The van der Waals surface area contributed by atoms with Gasteiger partial charge in [0.25, 0.3) is 5.91 Å². The Morgan fingerprint density at radius 3 is 2.61 bits per heavy atom. The Kier molecular flexibility index (Phi) is 4.98. The number of anilines is 1. The maximum atomic E-state index is 13.8. The molecule has 6 atom stereocenters. The largest absolute Gasteiger partial charge is 0.410 e. The molecule has 31 heavy (non-hydrogen) atoms. The van der Waals surface area contributed by atoms with Gasteiger partial charge >= 0.3 is 6.18 Å². The molecule has 8 heteroatoms. The molecule has 0 radical (unpaired) electrons. The molecule has 2 heterocycles. The van der Waals surface area contributed by atoms with Gasteiger partial charge < -0.3 is 10.6 Å². The molecule has 2 aliphatic carbocycles. The van der Waals surface area contributed by atoms with Crippen LogP contribution in [0.4, 0.5) is 19.0 Å². The SMILES string of the molecule is C[C@@H](NC(=O)c1cc2n(n1)[C@H](C(F)(F)F)C[C@H](c1ccccc1)N2)[C@H]1C[C@@H]2CC[C@@H]1C2. The average Bonchev–Trinajstić information content (AvgIpc) is 3.48. The molecule has 0 saturated heterocycles. The number of hydrogen-bond acceptors (Lipinski definition) is 3. The van der Waals surface area contributed by atoms with Crippen LogP contribution in [-0.2, 0) is 0 Å². The molecule has 1 amide bonds. The first kappa shape index (κ1) is 20.4. The Hall–Kier alpha value is -2.51. The van der Waals surface area contributed by atoms with E-state index in [4.69, 9.17) is 0 Å². The van der Waals surface area contributed by atoms with Gasteiger partial charge in [-0.1, -0.05) is 36.8 Å². The predicted molar refractivity (Wildman–Crippen MR) is 111 cm³/mol. The van der Waals surface area contributed by atoms with Gasteiger partial charge in [-0.05, 0) is 49.5 Å². The number of nitrogens with one attached hydrogen (secondary N) is 2. The van der Waals surface area contributed by atoms with Crippen LogP contribution in [0.15, 0.2) is 36.4 Å². The zero-order valence-corrected chi connectivity index (χ0v) is 17.4. The molecule has 2 aromatic rings. The second-order valence-corrected chi connectivity index (χ2v) is 9.36. The minimum Gasteiger partial charge on any atom is -0.363 e. The van der Waals surface area contributed by atoms with Crippen molar-refractivity contribution in [2.75, 3.05) is 5.32 Å². The molecule has 2 fully saturated rings. The molecule has 5 rings (SSSR count). The zero-order chi connectivity index (χ0) is 21.8. The second kappa shape index (κ2) is 7.57. The van der Waals surface area contributed by atoms with E-state index in [1.54, 1.807) is 0 Å². The summed E-state index contributed by atoms with van der Waals surface area (Å²) in [7, 11) is 0. The molecule has 2 N–H and O–H groups in total. The van der Waals surface area contributed by atoms with Gasteiger partial charge in [-0.2, -0.15) is 18.3 Å². The van der Waals surface area contributed by atoms with Crippen LogP contribution in [0.5, 0.6) is 0 Å². The van der Waals surface area contributed by atoms with Crippen LogP contribution in [0.1, 0.15) is 67.2 Å². The van der Waals surface area contributed by atoms with Crippen LogP contribution in [-0.4, -0.2) is 27.9 Å². The fourth-order valence-electron chi connectivity index (χ4n) is 5.88. The summed E-state index contributed by atoms with van der Waals surface area (Å²) < 4.78 is 42.4. The number of carbonyl (C=O) groups excluding carboxylic acids is 1. The van der Waals surface area contributed by atoms with E-state index in [0.29, 0.717) is 11.8 Å². The van der Waals surface area contributed by atoms with Gasteiger partial charge in [-0.3, -0.25) is 4.79 Å². The van der Waals surface area contributed by atoms with E-state index in [1.807, 2.05) is 37.3 Å². The standard InChI is InChI=1S/C23H27F3N4O/c1-13(17-10-14-7-8-16(17)9-14)27-22(31)19-12-21-28-18(15-5-3-2-4-6-15)11-20(23(24,25)26)30(21)29-19/h2-6,12-14,16-18,20,28H,7-11H2,1H3,(H,27,31)/t13-,14-,16-,17-,18-,20+/m1/s1. The molecule has 2 bridgehead atoms. The quantitative estimate of drug-likeness (QED) is 0.707. The number of alkyl halides is 3. The van der Waals surface area contributed by atoms with Gasteiger partial charge in [0.05, 0.1) is 6.04 Å². The Bertz CT molecular complexity index is 957. The summed E-state index contributed by atoms with van der Waals surface area (Å²) in [6.07, 6.45) is 0.226. The number of benzene rings is 1. The third-order valence-electron chi connectivity index (χ3n) is 7.42. The molecule has 1 aromatic carbocycles. The third kappa shape index (κ3) is 3.81.